The molecule has 8 heteroatoms. The van der Waals surface area contributed by atoms with Gasteiger partial charge < -0.3 is 4.57 Å². The maximum atomic E-state index is 12.7. The molecule has 1 aliphatic rings. The number of benzene rings is 1. The van der Waals surface area contributed by atoms with Crippen molar-refractivity contribution >= 4 is 11.2 Å². The molecule has 2 atom stereocenters. The molecule has 0 bridgehead atoms. The third-order valence-corrected chi connectivity index (χ3v) is 7.31. The summed E-state index contributed by atoms with van der Waals surface area (Å²) in [5.41, 5.74) is 1.66. The van der Waals surface area contributed by atoms with E-state index in [2.05, 4.69) is 65.9 Å². The lowest BCUT2D eigenvalue weighted by Crippen LogP contribution is -2.38. The van der Waals surface area contributed by atoms with E-state index in [1.54, 1.807) is 4.57 Å². The van der Waals surface area contributed by atoms with Crippen LogP contribution in [0.2, 0.25) is 0 Å². The lowest BCUT2D eigenvalue weighted by Gasteiger charge is -2.29. The van der Waals surface area contributed by atoms with Crippen LogP contribution in [0.3, 0.4) is 0 Å². The van der Waals surface area contributed by atoms with Crippen molar-refractivity contribution in [3.8, 4) is 0 Å². The van der Waals surface area contributed by atoms with Crippen molar-refractivity contribution in [1.82, 2.24) is 28.9 Å². The lowest BCUT2D eigenvalue weighted by molar-refractivity contribution is 0.175. The highest BCUT2D eigenvalue weighted by molar-refractivity contribution is 5.71. The second-order valence-electron chi connectivity index (χ2n) is 9.30. The number of likely N-dealkylation sites (N-methyl/N-ethyl adjacent to an activating group) is 1. The molecule has 1 aromatic carbocycles. The summed E-state index contributed by atoms with van der Waals surface area (Å²) in [5.74, 6) is 0.857. The SMILES string of the molecule is CCCCn1c(=O)[nH]c(=O)c2c1nc(CN(CC)C1CCN(C(C)c3ccccc3)C1)n2CC. The Balaban J connectivity index is 1.59. The summed E-state index contributed by atoms with van der Waals surface area (Å²) < 4.78 is 3.61. The number of likely N-dealkylation sites (tertiary alicyclic amines) is 1. The Hall–Kier alpha value is -2.71. The summed E-state index contributed by atoms with van der Waals surface area (Å²) in [6, 6.07) is 11.5. The van der Waals surface area contributed by atoms with Crippen molar-refractivity contribution in [1.29, 1.82) is 0 Å². The molecule has 8 nitrogen and oxygen atoms in total. The first kappa shape index (κ1) is 24.4. The number of H-pyrrole nitrogens is 1. The Bertz CT molecular complexity index is 1210. The molecular formula is C26H38N6O2. The zero-order chi connectivity index (χ0) is 24.2. The summed E-state index contributed by atoms with van der Waals surface area (Å²) in [7, 11) is 0. The van der Waals surface area contributed by atoms with E-state index in [1.165, 1.54) is 5.56 Å². The number of nitrogens with one attached hydrogen (secondary N) is 1. The van der Waals surface area contributed by atoms with E-state index < -0.39 is 0 Å². The highest BCUT2D eigenvalue weighted by Crippen LogP contribution is 2.27. The van der Waals surface area contributed by atoms with Gasteiger partial charge in [0.05, 0.1) is 6.54 Å². The summed E-state index contributed by atoms with van der Waals surface area (Å²) in [6.07, 6.45) is 2.95. The second-order valence-corrected chi connectivity index (χ2v) is 9.30. The minimum atomic E-state index is -0.369. The van der Waals surface area contributed by atoms with Crippen molar-refractivity contribution in [2.45, 2.75) is 78.7 Å². The van der Waals surface area contributed by atoms with Crippen molar-refractivity contribution in [2.24, 2.45) is 0 Å². The van der Waals surface area contributed by atoms with Gasteiger partial charge in [0.1, 0.15) is 5.82 Å². The predicted molar refractivity (Wildman–Crippen MR) is 136 cm³/mol. The van der Waals surface area contributed by atoms with E-state index in [4.69, 9.17) is 4.98 Å². The zero-order valence-corrected chi connectivity index (χ0v) is 21.0. The average Bonchev–Trinajstić information content (AvgIpc) is 3.47. The number of hydrogen-bond acceptors (Lipinski definition) is 5. The molecule has 1 aliphatic heterocycles. The van der Waals surface area contributed by atoms with Gasteiger partial charge in [-0.05, 0) is 38.8 Å². The van der Waals surface area contributed by atoms with Crippen LogP contribution in [-0.2, 0) is 19.6 Å². The van der Waals surface area contributed by atoms with Crippen LogP contribution in [-0.4, -0.2) is 54.6 Å². The highest BCUT2D eigenvalue weighted by Gasteiger charge is 2.31. The summed E-state index contributed by atoms with van der Waals surface area (Å²) in [4.78, 5) is 37.6. The number of nitrogens with zero attached hydrogens (tertiary/aromatic N) is 5. The molecule has 34 heavy (non-hydrogen) atoms. The van der Waals surface area contributed by atoms with E-state index in [9.17, 15) is 9.59 Å². The molecule has 184 valence electrons. The number of unbranched alkanes of at least 4 members (excludes halogenated alkanes) is 1. The number of fused-ring (bicyclic) bond motifs is 1. The minimum Gasteiger partial charge on any atom is -0.321 e. The van der Waals surface area contributed by atoms with E-state index in [0.717, 1.165) is 44.7 Å². The molecule has 0 radical (unpaired) electrons. The molecule has 1 N–H and O–H groups in total. The first-order valence-corrected chi connectivity index (χ1v) is 12.7. The molecule has 0 aliphatic carbocycles. The van der Waals surface area contributed by atoms with Gasteiger partial charge in [0.2, 0.25) is 0 Å². The third-order valence-electron chi connectivity index (χ3n) is 7.31. The Kier molecular flexibility index (Phi) is 7.68. The molecule has 0 saturated carbocycles. The maximum absolute atomic E-state index is 12.7. The van der Waals surface area contributed by atoms with Gasteiger partial charge in [0.25, 0.3) is 5.56 Å². The van der Waals surface area contributed by atoms with E-state index in [0.29, 0.717) is 42.9 Å². The van der Waals surface area contributed by atoms with Crippen LogP contribution >= 0.6 is 0 Å². The molecular weight excluding hydrogens is 428 g/mol. The molecule has 1 fully saturated rings. The minimum absolute atomic E-state index is 0.347. The van der Waals surface area contributed by atoms with Crippen molar-refractivity contribution < 1.29 is 0 Å². The topological polar surface area (TPSA) is 79.2 Å². The number of aromatic amines is 1. The predicted octanol–water partition coefficient (Wildman–Crippen LogP) is 3.36. The lowest BCUT2D eigenvalue weighted by atomic mass is 10.1. The van der Waals surface area contributed by atoms with Gasteiger partial charge in [0.15, 0.2) is 11.2 Å². The first-order chi connectivity index (χ1) is 16.5. The van der Waals surface area contributed by atoms with Crippen LogP contribution in [0.4, 0.5) is 0 Å². The van der Waals surface area contributed by atoms with Crippen LogP contribution in [0, 0.1) is 0 Å². The zero-order valence-electron chi connectivity index (χ0n) is 21.0. The van der Waals surface area contributed by atoms with Crippen LogP contribution in [0.15, 0.2) is 39.9 Å². The fraction of sp³-hybridized carbons (Fsp3) is 0.577. The summed E-state index contributed by atoms with van der Waals surface area (Å²) >= 11 is 0. The molecule has 4 rings (SSSR count). The Labute approximate surface area is 201 Å². The Morgan fingerprint density at radius 1 is 1.15 bits per heavy atom. The van der Waals surface area contributed by atoms with Gasteiger partial charge in [-0.15, -0.1) is 0 Å². The highest BCUT2D eigenvalue weighted by atomic mass is 16.2. The number of aryl methyl sites for hydroxylation is 2. The second kappa shape index (κ2) is 10.7. The average molecular weight is 467 g/mol. The fourth-order valence-electron chi connectivity index (χ4n) is 5.24. The fourth-order valence-corrected chi connectivity index (χ4v) is 5.24. The van der Waals surface area contributed by atoms with Crippen molar-refractivity contribution in [2.75, 3.05) is 19.6 Å². The van der Waals surface area contributed by atoms with Crippen molar-refractivity contribution in [3.05, 3.63) is 62.6 Å². The standard InChI is InChI=1S/C26H38N6O2/c1-5-8-15-32-24-23(25(33)28-26(32)34)31(7-3)22(27-24)18-29(6-2)21-14-16-30(17-21)19(4)20-12-10-9-11-13-20/h9-13,19,21H,5-8,14-18H2,1-4H3,(H,28,33,34). The van der Waals surface area contributed by atoms with Crippen LogP contribution in [0.5, 0.6) is 0 Å². The normalized spacial score (nSPS) is 17.7. The first-order valence-electron chi connectivity index (χ1n) is 12.7. The monoisotopic (exact) mass is 466 g/mol. The van der Waals surface area contributed by atoms with E-state index in [-0.39, 0.29) is 11.2 Å². The molecule has 2 aromatic heterocycles. The van der Waals surface area contributed by atoms with Gasteiger partial charge in [0, 0.05) is 38.3 Å². The molecule has 0 amide bonds. The molecule has 1 saturated heterocycles. The number of hydrogen-bond donors (Lipinski definition) is 1. The molecule has 3 aromatic rings. The maximum Gasteiger partial charge on any atom is 0.330 e. The molecule has 0 spiro atoms. The third kappa shape index (κ3) is 4.74. The number of imidazole rings is 1. The molecule has 3 heterocycles. The number of aromatic nitrogens is 4. The van der Waals surface area contributed by atoms with Gasteiger partial charge >= 0.3 is 5.69 Å². The van der Waals surface area contributed by atoms with Gasteiger partial charge in [-0.25, -0.2) is 9.78 Å². The Morgan fingerprint density at radius 3 is 2.59 bits per heavy atom. The van der Waals surface area contributed by atoms with Crippen LogP contribution < -0.4 is 11.2 Å². The quantitative estimate of drug-likeness (QED) is 0.496. The molecule has 2 unspecified atom stereocenters. The van der Waals surface area contributed by atoms with Gasteiger partial charge in [-0.2, -0.15) is 0 Å². The van der Waals surface area contributed by atoms with E-state index in [1.807, 2.05) is 11.5 Å². The summed E-state index contributed by atoms with van der Waals surface area (Å²) in [5, 5.41) is 0. The smallest absolute Gasteiger partial charge is 0.321 e. The Morgan fingerprint density at radius 2 is 1.91 bits per heavy atom. The van der Waals surface area contributed by atoms with Gasteiger partial charge in [-0.1, -0.05) is 50.6 Å². The van der Waals surface area contributed by atoms with Crippen LogP contribution in [0.1, 0.15) is 64.4 Å². The van der Waals surface area contributed by atoms with E-state index >= 15 is 0 Å². The summed E-state index contributed by atoms with van der Waals surface area (Å²) in [6.45, 7) is 13.4. The number of rotatable bonds is 10. The van der Waals surface area contributed by atoms with Crippen molar-refractivity contribution in [3.63, 3.8) is 0 Å². The van der Waals surface area contributed by atoms with Gasteiger partial charge in [-0.3, -0.25) is 24.1 Å². The van der Waals surface area contributed by atoms with Crippen LogP contribution in [0.25, 0.3) is 11.2 Å². The largest absolute Gasteiger partial charge is 0.330 e.